The standard InChI is InChI=1S/C20H31ClN6S/c1-15(2)14-27-18(25-26-20(27)28-4)9-6-11-23-19(22-3)24-12-10-16-7-5-8-17(21)13-16/h5,7-8,13,15H,6,9-12,14H2,1-4H3,(H2,22,23,24). The lowest BCUT2D eigenvalue weighted by Gasteiger charge is -2.13. The Morgan fingerprint density at radius 1 is 1.21 bits per heavy atom. The summed E-state index contributed by atoms with van der Waals surface area (Å²) in [5.74, 6) is 2.44. The number of benzene rings is 1. The van der Waals surface area contributed by atoms with E-state index in [2.05, 4.69) is 50.3 Å². The van der Waals surface area contributed by atoms with Crippen LogP contribution in [0.15, 0.2) is 34.4 Å². The van der Waals surface area contributed by atoms with Gasteiger partial charge in [0.05, 0.1) is 0 Å². The highest BCUT2D eigenvalue weighted by atomic mass is 35.5. The first kappa shape index (κ1) is 22.6. The first-order chi connectivity index (χ1) is 13.5. The van der Waals surface area contributed by atoms with E-state index in [0.29, 0.717) is 5.92 Å². The summed E-state index contributed by atoms with van der Waals surface area (Å²) in [7, 11) is 1.79. The minimum Gasteiger partial charge on any atom is -0.356 e. The maximum atomic E-state index is 6.03. The molecule has 6 nitrogen and oxygen atoms in total. The third kappa shape index (κ3) is 7.36. The third-order valence-corrected chi connectivity index (χ3v) is 5.11. The van der Waals surface area contributed by atoms with Gasteiger partial charge in [0.15, 0.2) is 11.1 Å². The summed E-state index contributed by atoms with van der Waals surface area (Å²) in [6.45, 7) is 7.03. The molecule has 1 aromatic heterocycles. The Labute approximate surface area is 177 Å². The number of nitrogens with one attached hydrogen (secondary N) is 2. The lowest BCUT2D eigenvalue weighted by molar-refractivity contribution is 0.477. The van der Waals surface area contributed by atoms with Crippen molar-refractivity contribution in [3.05, 3.63) is 40.7 Å². The van der Waals surface area contributed by atoms with Gasteiger partial charge in [-0.2, -0.15) is 0 Å². The Kier molecular flexibility index (Phi) is 9.64. The van der Waals surface area contributed by atoms with E-state index in [1.807, 2.05) is 24.5 Å². The molecule has 28 heavy (non-hydrogen) atoms. The second-order valence-corrected chi connectivity index (χ2v) is 8.23. The molecular formula is C20H31ClN6S. The average molecular weight is 423 g/mol. The van der Waals surface area contributed by atoms with Crippen LogP contribution in [0.1, 0.15) is 31.7 Å². The van der Waals surface area contributed by atoms with Gasteiger partial charge < -0.3 is 15.2 Å². The smallest absolute Gasteiger partial charge is 0.190 e. The fourth-order valence-electron chi connectivity index (χ4n) is 2.90. The minimum absolute atomic E-state index is 0.571. The molecule has 0 saturated carbocycles. The first-order valence-electron chi connectivity index (χ1n) is 9.68. The maximum absolute atomic E-state index is 6.03. The number of aliphatic imine (C=N–C) groups is 1. The van der Waals surface area contributed by atoms with Crippen molar-refractivity contribution in [3.8, 4) is 0 Å². The third-order valence-electron chi connectivity index (χ3n) is 4.21. The molecule has 0 aliphatic rings. The lowest BCUT2D eigenvalue weighted by atomic mass is 10.1. The zero-order valence-electron chi connectivity index (χ0n) is 17.2. The van der Waals surface area contributed by atoms with E-state index in [0.717, 1.165) is 60.9 Å². The van der Waals surface area contributed by atoms with Crippen LogP contribution in [0.3, 0.4) is 0 Å². The van der Waals surface area contributed by atoms with Crippen LogP contribution in [0, 0.1) is 5.92 Å². The Morgan fingerprint density at radius 2 is 2.00 bits per heavy atom. The van der Waals surface area contributed by atoms with Crippen LogP contribution in [0.2, 0.25) is 5.02 Å². The number of rotatable bonds is 10. The van der Waals surface area contributed by atoms with E-state index in [1.54, 1.807) is 18.8 Å². The fraction of sp³-hybridized carbons (Fsp3) is 0.550. The van der Waals surface area contributed by atoms with Crippen LogP contribution in [0.4, 0.5) is 0 Å². The lowest BCUT2D eigenvalue weighted by Crippen LogP contribution is -2.38. The SMILES string of the molecule is CN=C(NCCCc1nnc(SC)n1CC(C)C)NCCc1cccc(Cl)c1. The van der Waals surface area contributed by atoms with Crippen molar-refractivity contribution in [2.75, 3.05) is 26.4 Å². The Balaban J connectivity index is 1.73. The maximum Gasteiger partial charge on any atom is 0.190 e. The largest absolute Gasteiger partial charge is 0.356 e. The van der Waals surface area contributed by atoms with Crippen molar-refractivity contribution < 1.29 is 0 Å². The summed E-state index contributed by atoms with van der Waals surface area (Å²) >= 11 is 7.68. The van der Waals surface area contributed by atoms with Gasteiger partial charge in [-0.3, -0.25) is 4.99 Å². The second kappa shape index (κ2) is 12.0. The summed E-state index contributed by atoms with van der Waals surface area (Å²) in [6.07, 6.45) is 4.81. The molecule has 0 atom stereocenters. The average Bonchev–Trinajstić information content (AvgIpc) is 3.04. The molecule has 0 aliphatic carbocycles. The topological polar surface area (TPSA) is 67.1 Å². The molecule has 0 saturated heterocycles. The summed E-state index contributed by atoms with van der Waals surface area (Å²) < 4.78 is 2.24. The van der Waals surface area contributed by atoms with Crippen LogP contribution in [-0.4, -0.2) is 47.1 Å². The Morgan fingerprint density at radius 3 is 2.68 bits per heavy atom. The second-order valence-electron chi connectivity index (χ2n) is 7.02. The predicted octanol–water partition coefficient (Wildman–Crippen LogP) is 3.65. The molecule has 1 aromatic carbocycles. The molecule has 8 heteroatoms. The predicted molar refractivity (Wildman–Crippen MR) is 119 cm³/mol. The number of nitrogens with zero attached hydrogens (tertiary/aromatic N) is 4. The molecular weight excluding hydrogens is 392 g/mol. The minimum atomic E-state index is 0.571. The van der Waals surface area contributed by atoms with Gasteiger partial charge in [-0.25, -0.2) is 0 Å². The number of guanidine groups is 1. The highest BCUT2D eigenvalue weighted by molar-refractivity contribution is 7.98. The molecule has 0 fully saturated rings. The van der Waals surface area contributed by atoms with Gasteiger partial charge in [0.2, 0.25) is 0 Å². The van der Waals surface area contributed by atoms with Crippen LogP contribution in [0.5, 0.6) is 0 Å². The molecule has 0 radical (unpaired) electrons. The van der Waals surface area contributed by atoms with Crippen LogP contribution < -0.4 is 10.6 Å². The van der Waals surface area contributed by atoms with Gasteiger partial charge in [0, 0.05) is 38.1 Å². The monoisotopic (exact) mass is 422 g/mol. The van der Waals surface area contributed by atoms with E-state index in [1.165, 1.54) is 5.56 Å². The highest BCUT2D eigenvalue weighted by Gasteiger charge is 2.12. The van der Waals surface area contributed by atoms with E-state index < -0.39 is 0 Å². The number of aryl methyl sites for hydroxylation is 1. The van der Waals surface area contributed by atoms with E-state index in [4.69, 9.17) is 11.6 Å². The number of hydrogen-bond acceptors (Lipinski definition) is 4. The van der Waals surface area contributed by atoms with Gasteiger partial charge in [-0.1, -0.05) is 49.3 Å². The molecule has 0 spiro atoms. The van der Waals surface area contributed by atoms with Crippen molar-refractivity contribution in [1.29, 1.82) is 0 Å². The molecule has 2 aromatic rings. The molecule has 1 heterocycles. The molecule has 2 N–H and O–H groups in total. The van der Waals surface area contributed by atoms with Gasteiger partial charge in [0.25, 0.3) is 0 Å². The number of thioether (sulfide) groups is 1. The van der Waals surface area contributed by atoms with Gasteiger partial charge >= 0.3 is 0 Å². The van der Waals surface area contributed by atoms with Crippen molar-refractivity contribution in [1.82, 2.24) is 25.4 Å². The fourth-order valence-corrected chi connectivity index (χ4v) is 3.63. The zero-order chi connectivity index (χ0) is 20.4. The van der Waals surface area contributed by atoms with Crippen LogP contribution >= 0.6 is 23.4 Å². The van der Waals surface area contributed by atoms with Crippen molar-refractivity contribution >= 4 is 29.3 Å². The normalized spacial score (nSPS) is 11.9. The van der Waals surface area contributed by atoms with E-state index in [9.17, 15) is 0 Å². The van der Waals surface area contributed by atoms with Crippen molar-refractivity contribution in [3.63, 3.8) is 0 Å². The highest BCUT2D eigenvalue weighted by Crippen LogP contribution is 2.16. The number of halogens is 1. The number of hydrogen-bond donors (Lipinski definition) is 2. The van der Waals surface area contributed by atoms with Crippen molar-refractivity contribution in [2.45, 2.75) is 44.8 Å². The van der Waals surface area contributed by atoms with Gasteiger partial charge in [0.1, 0.15) is 5.82 Å². The Bertz CT molecular complexity index is 759. The van der Waals surface area contributed by atoms with E-state index >= 15 is 0 Å². The summed E-state index contributed by atoms with van der Waals surface area (Å²) in [5.41, 5.74) is 1.21. The van der Waals surface area contributed by atoms with Gasteiger partial charge in [-0.05, 0) is 42.7 Å². The quantitative estimate of drug-likeness (QED) is 0.265. The zero-order valence-corrected chi connectivity index (χ0v) is 18.8. The summed E-state index contributed by atoms with van der Waals surface area (Å²) in [5, 5.41) is 17.2. The van der Waals surface area contributed by atoms with Crippen LogP contribution in [-0.2, 0) is 19.4 Å². The van der Waals surface area contributed by atoms with E-state index in [-0.39, 0.29) is 0 Å². The number of aromatic nitrogens is 3. The molecule has 2 rings (SSSR count). The first-order valence-corrected chi connectivity index (χ1v) is 11.3. The van der Waals surface area contributed by atoms with Crippen LogP contribution in [0.25, 0.3) is 0 Å². The summed E-state index contributed by atoms with van der Waals surface area (Å²) in [4.78, 5) is 4.29. The molecule has 0 bridgehead atoms. The molecule has 0 aliphatic heterocycles. The molecule has 0 amide bonds. The summed E-state index contributed by atoms with van der Waals surface area (Å²) in [6, 6.07) is 7.95. The van der Waals surface area contributed by atoms with Gasteiger partial charge in [-0.15, -0.1) is 10.2 Å². The molecule has 0 unspecified atom stereocenters. The molecule has 154 valence electrons. The van der Waals surface area contributed by atoms with Crippen molar-refractivity contribution in [2.24, 2.45) is 10.9 Å². The Hall–Kier alpha value is -1.73.